The van der Waals surface area contributed by atoms with Crippen molar-refractivity contribution in [3.63, 3.8) is 0 Å². The molecule has 0 amide bonds. The Morgan fingerprint density at radius 2 is 2.00 bits per heavy atom. The Labute approximate surface area is 122 Å². The third-order valence-electron chi connectivity index (χ3n) is 2.62. The number of nitrogens with one attached hydrogen (secondary N) is 1. The standard InChI is InChI=1S/C13H12F2INS/c1-2-17-13(8-6-11(16)18-7-8)12-9(14)4-3-5-10(12)15/h3-7,13,17H,2H2,1H3. The van der Waals surface area contributed by atoms with Gasteiger partial charge >= 0.3 is 0 Å². The quantitative estimate of drug-likeness (QED) is 0.780. The van der Waals surface area contributed by atoms with Gasteiger partial charge in [0.25, 0.3) is 0 Å². The predicted molar refractivity (Wildman–Crippen MR) is 78.9 cm³/mol. The molecule has 0 aliphatic carbocycles. The van der Waals surface area contributed by atoms with E-state index in [4.69, 9.17) is 0 Å². The van der Waals surface area contributed by atoms with Crippen molar-refractivity contribution in [2.24, 2.45) is 0 Å². The molecule has 0 fully saturated rings. The van der Waals surface area contributed by atoms with Crippen molar-refractivity contribution in [2.75, 3.05) is 6.54 Å². The maximum absolute atomic E-state index is 13.8. The van der Waals surface area contributed by atoms with E-state index in [0.29, 0.717) is 6.54 Å². The Balaban J connectivity index is 2.47. The van der Waals surface area contributed by atoms with Gasteiger partial charge in [0.05, 0.1) is 8.93 Å². The normalized spacial score (nSPS) is 12.7. The van der Waals surface area contributed by atoms with Crippen LogP contribution < -0.4 is 5.32 Å². The molecule has 1 nitrogen and oxygen atoms in total. The van der Waals surface area contributed by atoms with Crippen molar-refractivity contribution in [2.45, 2.75) is 13.0 Å². The van der Waals surface area contributed by atoms with Gasteiger partial charge in [-0.1, -0.05) is 13.0 Å². The van der Waals surface area contributed by atoms with Crippen LogP contribution in [0.4, 0.5) is 8.78 Å². The maximum atomic E-state index is 13.8. The molecule has 18 heavy (non-hydrogen) atoms. The SMILES string of the molecule is CCNC(c1csc(I)c1)c1c(F)cccc1F. The number of hydrogen-bond acceptors (Lipinski definition) is 2. The Morgan fingerprint density at radius 3 is 2.50 bits per heavy atom. The van der Waals surface area contributed by atoms with E-state index in [2.05, 4.69) is 27.9 Å². The highest BCUT2D eigenvalue weighted by Crippen LogP contribution is 2.30. The van der Waals surface area contributed by atoms with Gasteiger partial charge < -0.3 is 5.32 Å². The van der Waals surface area contributed by atoms with Gasteiger partial charge in [0.2, 0.25) is 0 Å². The molecule has 0 aliphatic heterocycles. The average Bonchev–Trinajstić information content (AvgIpc) is 2.74. The first-order chi connectivity index (χ1) is 8.63. The van der Waals surface area contributed by atoms with E-state index in [9.17, 15) is 8.78 Å². The zero-order valence-corrected chi connectivity index (χ0v) is 12.7. The number of rotatable bonds is 4. The average molecular weight is 379 g/mol. The van der Waals surface area contributed by atoms with Gasteiger partial charge in [-0.2, -0.15) is 0 Å². The van der Waals surface area contributed by atoms with Crippen molar-refractivity contribution in [1.82, 2.24) is 5.32 Å². The second-order valence-electron chi connectivity index (χ2n) is 3.81. The second-order valence-corrected chi connectivity index (χ2v) is 6.62. The van der Waals surface area contributed by atoms with Crippen molar-refractivity contribution in [3.05, 3.63) is 55.3 Å². The van der Waals surface area contributed by atoms with Crippen LogP contribution in [0.1, 0.15) is 24.1 Å². The molecular weight excluding hydrogens is 367 g/mol. The van der Waals surface area contributed by atoms with Gasteiger partial charge in [-0.05, 0) is 58.3 Å². The van der Waals surface area contributed by atoms with Crippen LogP contribution >= 0.6 is 33.9 Å². The first-order valence-electron chi connectivity index (χ1n) is 5.54. The van der Waals surface area contributed by atoms with Gasteiger partial charge in [-0.3, -0.25) is 0 Å². The summed E-state index contributed by atoms with van der Waals surface area (Å²) < 4.78 is 28.8. The van der Waals surface area contributed by atoms with Gasteiger partial charge in [-0.15, -0.1) is 11.3 Å². The van der Waals surface area contributed by atoms with Gasteiger partial charge in [-0.25, -0.2) is 8.78 Å². The fourth-order valence-corrected chi connectivity index (χ4v) is 3.25. The summed E-state index contributed by atoms with van der Waals surface area (Å²) in [5.41, 5.74) is 0.990. The van der Waals surface area contributed by atoms with E-state index in [1.54, 1.807) is 11.3 Å². The van der Waals surface area contributed by atoms with E-state index in [0.717, 1.165) is 8.45 Å². The molecule has 0 spiro atoms. The summed E-state index contributed by atoms with van der Waals surface area (Å²) in [5, 5.41) is 5.07. The monoisotopic (exact) mass is 379 g/mol. The minimum atomic E-state index is -0.512. The summed E-state index contributed by atoms with van der Waals surface area (Å²) in [4.78, 5) is 0. The van der Waals surface area contributed by atoms with E-state index < -0.39 is 17.7 Å². The molecule has 1 heterocycles. The molecule has 96 valence electrons. The molecule has 0 aliphatic rings. The van der Waals surface area contributed by atoms with E-state index in [-0.39, 0.29) is 5.56 Å². The molecule has 2 rings (SSSR count). The highest BCUT2D eigenvalue weighted by atomic mass is 127. The molecule has 0 bridgehead atoms. The minimum Gasteiger partial charge on any atom is -0.306 e. The Morgan fingerprint density at radius 1 is 1.33 bits per heavy atom. The van der Waals surface area contributed by atoms with Gasteiger partial charge in [0, 0.05) is 5.56 Å². The lowest BCUT2D eigenvalue weighted by molar-refractivity contribution is 0.511. The van der Waals surface area contributed by atoms with Crippen LogP contribution in [0.2, 0.25) is 0 Å². The zero-order chi connectivity index (χ0) is 13.1. The number of benzene rings is 1. The van der Waals surface area contributed by atoms with Gasteiger partial charge in [0.1, 0.15) is 11.6 Å². The number of halogens is 3. The van der Waals surface area contributed by atoms with Crippen molar-refractivity contribution >= 4 is 33.9 Å². The van der Waals surface area contributed by atoms with Gasteiger partial charge in [0.15, 0.2) is 0 Å². The van der Waals surface area contributed by atoms with Crippen molar-refractivity contribution in [1.29, 1.82) is 0 Å². The molecule has 1 atom stereocenters. The van der Waals surface area contributed by atoms with Crippen molar-refractivity contribution in [3.8, 4) is 0 Å². The molecule has 0 saturated heterocycles. The number of thiophene rings is 1. The second kappa shape index (κ2) is 6.08. The largest absolute Gasteiger partial charge is 0.306 e. The lowest BCUT2D eigenvalue weighted by Gasteiger charge is -2.18. The van der Waals surface area contributed by atoms with Crippen molar-refractivity contribution < 1.29 is 8.78 Å². The fourth-order valence-electron chi connectivity index (χ4n) is 1.85. The third kappa shape index (κ3) is 2.89. The Bertz CT molecular complexity index is 521. The molecule has 1 N–H and O–H groups in total. The lowest BCUT2D eigenvalue weighted by atomic mass is 10.00. The summed E-state index contributed by atoms with van der Waals surface area (Å²) in [6, 6.07) is 5.48. The summed E-state index contributed by atoms with van der Waals surface area (Å²) in [6.07, 6.45) is 0. The molecule has 0 saturated carbocycles. The van der Waals surface area contributed by atoms with Crippen LogP contribution in [0, 0.1) is 14.5 Å². The summed E-state index contributed by atoms with van der Waals surface area (Å²) in [7, 11) is 0. The minimum absolute atomic E-state index is 0.0913. The van der Waals surface area contributed by atoms with E-state index >= 15 is 0 Å². The molecular formula is C13H12F2INS. The predicted octanol–water partition coefficient (Wildman–Crippen LogP) is 4.33. The maximum Gasteiger partial charge on any atom is 0.131 e. The molecule has 1 unspecified atom stereocenters. The van der Waals surface area contributed by atoms with Crippen LogP contribution in [0.3, 0.4) is 0 Å². The molecule has 0 radical (unpaired) electrons. The highest BCUT2D eigenvalue weighted by Gasteiger charge is 2.21. The molecule has 2 aromatic rings. The van der Waals surface area contributed by atoms with E-state index in [1.165, 1.54) is 18.2 Å². The topological polar surface area (TPSA) is 12.0 Å². The van der Waals surface area contributed by atoms with Crippen LogP contribution in [0.25, 0.3) is 0 Å². The highest BCUT2D eigenvalue weighted by molar-refractivity contribution is 14.1. The van der Waals surface area contributed by atoms with Crippen LogP contribution in [-0.2, 0) is 0 Å². The molecule has 1 aromatic heterocycles. The molecule has 5 heteroatoms. The smallest absolute Gasteiger partial charge is 0.131 e. The lowest BCUT2D eigenvalue weighted by Crippen LogP contribution is -2.23. The third-order valence-corrected chi connectivity index (χ3v) is 4.42. The fraction of sp³-hybridized carbons (Fsp3) is 0.231. The first-order valence-corrected chi connectivity index (χ1v) is 7.50. The van der Waals surface area contributed by atoms with Crippen LogP contribution in [0.5, 0.6) is 0 Å². The van der Waals surface area contributed by atoms with Crippen LogP contribution in [0.15, 0.2) is 29.6 Å². The van der Waals surface area contributed by atoms with Crippen LogP contribution in [-0.4, -0.2) is 6.54 Å². The molecule has 1 aromatic carbocycles. The number of hydrogen-bond donors (Lipinski definition) is 1. The first kappa shape index (κ1) is 13.9. The summed E-state index contributed by atoms with van der Waals surface area (Å²) >= 11 is 3.77. The zero-order valence-electron chi connectivity index (χ0n) is 9.71. The Hall–Kier alpha value is -0.530. The summed E-state index contributed by atoms with van der Waals surface area (Å²) in [5.74, 6) is -1.02. The Kier molecular flexibility index (Phi) is 4.69. The summed E-state index contributed by atoms with van der Waals surface area (Å²) in [6.45, 7) is 2.56. The van der Waals surface area contributed by atoms with E-state index in [1.807, 2.05) is 18.4 Å².